The van der Waals surface area contributed by atoms with Gasteiger partial charge >= 0.3 is 53.9 Å². The van der Waals surface area contributed by atoms with Gasteiger partial charge in [-0.25, -0.2) is 4.79 Å². The zero-order valence-corrected chi connectivity index (χ0v) is 14.9. The Hall–Kier alpha value is -1.99. The molecule has 0 saturated carbocycles. The topological polar surface area (TPSA) is 55.8 Å². The van der Waals surface area contributed by atoms with E-state index in [0.29, 0.717) is 0 Å². The lowest BCUT2D eigenvalue weighted by molar-refractivity contribution is -0.576. The number of hydrogen-bond acceptors (Lipinski definition) is 4. The Morgan fingerprint density at radius 1 is 0.788 bits per heavy atom. The fraction of sp³-hybridized carbons (Fsp3) is 0.769. The molecule has 0 aromatic heterocycles. The van der Waals surface area contributed by atoms with Crippen molar-refractivity contribution < 1.29 is 89.6 Å². The number of carbonyl (C=O) groups excluding carboxylic acids is 1. The number of halogens is 16. The van der Waals surface area contributed by atoms with Crippen LogP contribution in [0.1, 0.15) is 6.92 Å². The highest BCUT2D eigenvalue weighted by Crippen LogP contribution is 2.69. The summed E-state index contributed by atoms with van der Waals surface area (Å²) in [5.74, 6) is -26.5. The van der Waals surface area contributed by atoms with Crippen LogP contribution in [0.2, 0.25) is 0 Å². The SMILES string of the molecule is C=C(C(=O)OC1(C(F)(F)F)C(F)(F)C(C)(C(F)(F)F)OC(O)(C(F)(F)F)C1(F)F)C(F)(F)F. The second-order valence-electron chi connectivity index (χ2n) is 6.47. The summed E-state index contributed by atoms with van der Waals surface area (Å²) in [6, 6.07) is 0. The Labute approximate surface area is 169 Å². The lowest BCUT2D eigenvalue weighted by Gasteiger charge is -2.59. The number of carbonyl (C=O) groups is 1. The molecule has 0 aromatic rings. The third-order valence-corrected chi connectivity index (χ3v) is 4.42. The van der Waals surface area contributed by atoms with E-state index in [-0.39, 0.29) is 0 Å². The highest BCUT2D eigenvalue weighted by atomic mass is 19.4. The quantitative estimate of drug-likeness (QED) is 0.316. The van der Waals surface area contributed by atoms with Gasteiger partial charge in [-0.2, -0.15) is 70.2 Å². The predicted octanol–water partition coefficient (Wildman–Crippen LogP) is 4.82. The highest BCUT2D eigenvalue weighted by molar-refractivity contribution is 5.89. The van der Waals surface area contributed by atoms with Crippen LogP contribution >= 0.6 is 0 Å². The zero-order chi connectivity index (χ0) is 27.1. The van der Waals surface area contributed by atoms with Crippen LogP contribution in [0.5, 0.6) is 0 Å². The molecule has 20 heteroatoms. The van der Waals surface area contributed by atoms with Crippen molar-refractivity contribution in [2.24, 2.45) is 0 Å². The van der Waals surface area contributed by atoms with Gasteiger partial charge in [0.15, 0.2) is 0 Å². The first-order valence-corrected chi connectivity index (χ1v) is 7.37. The molecular weight excluding hydrogens is 524 g/mol. The summed E-state index contributed by atoms with van der Waals surface area (Å²) >= 11 is 0. The lowest BCUT2D eigenvalue weighted by Crippen LogP contribution is -2.90. The normalized spacial score (nSPS) is 32.9. The van der Waals surface area contributed by atoms with Gasteiger partial charge in [0, 0.05) is 0 Å². The van der Waals surface area contributed by atoms with E-state index in [1.165, 1.54) is 0 Å². The fourth-order valence-electron chi connectivity index (χ4n) is 2.53. The molecule has 3 unspecified atom stereocenters. The molecule has 1 fully saturated rings. The Balaban J connectivity index is 4.26. The molecule has 0 amide bonds. The number of alkyl halides is 16. The van der Waals surface area contributed by atoms with Gasteiger partial charge in [-0.3, -0.25) is 0 Å². The first kappa shape index (κ1) is 29.0. The maximum atomic E-state index is 14.6. The molecule has 1 rings (SSSR count). The van der Waals surface area contributed by atoms with Gasteiger partial charge in [0.25, 0.3) is 0 Å². The molecule has 4 nitrogen and oxygen atoms in total. The first-order chi connectivity index (χ1) is 14.0. The van der Waals surface area contributed by atoms with Gasteiger partial charge in [-0.1, -0.05) is 6.58 Å². The summed E-state index contributed by atoms with van der Waals surface area (Å²) < 4.78 is 220. The summed E-state index contributed by atoms with van der Waals surface area (Å²) in [7, 11) is 0. The van der Waals surface area contributed by atoms with E-state index >= 15 is 0 Å². The number of aliphatic hydroxyl groups is 1. The smallest absolute Gasteiger partial charge is 0.432 e. The Bertz CT molecular complexity index is 780. The minimum absolute atomic E-state index is 1.37. The fourth-order valence-corrected chi connectivity index (χ4v) is 2.53. The van der Waals surface area contributed by atoms with Crippen molar-refractivity contribution in [2.45, 2.75) is 60.5 Å². The lowest BCUT2D eigenvalue weighted by atomic mass is 9.71. The Morgan fingerprint density at radius 3 is 1.45 bits per heavy atom. The molecule has 33 heavy (non-hydrogen) atoms. The molecule has 1 saturated heterocycles. The average molecular weight is 530 g/mol. The molecular formula is C13H6F16O4. The van der Waals surface area contributed by atoms with Crippen LogP contribution in [0.15, 0.2) is 12.2 Å². The predicted molar refractivity (Wildman–Crippen MR) is 66.5 cm³/mol. The van der Waals surface area contributed by atoms with Gasteiger partial charge in [-0.05, 0) is 6.92 Å². The molecule has 1 aliphatic rings. The average Bonchev–Trinajstić information content (AvgIpc) is 2.52. The molecule has 1 aliphatic heterocycles. The first-order valence-electron chi connectivity index (χ1n) is 7.37. The van der Waals surface area contributed by atoms with Crippen molar-refractivity contribution in [3.05, 3.63) is 12.2 Å². The van der Waals surface area contributed by atoms with Crippen molar-refractivity contribution in [1.82, 2.24) is 0 Å². The minimum Gasteiger partial charge on any atom is -0.432 e. The maximum absolute atomic E-state index is 14.6. The second-order valence-corrected chi connectivity index (χ2v) is 6.47. The molecule has 0 bridgehead atoms. The van der Waals surface area contributed by atoms with Crippen LogP contribution in [-0.2, 0) is 14.3 Å². The highest BCUT2D eigenvalue weighted by Gasteiger charge is 3.02. The van der Waals surface area contributed by atoms with Crippen molar-refractivity contribution in [2.75, 3.05) is 0 Å². The van der Waals surface area contributed by atoms with Gasteiger partial charge in [-0.15, -0.1) is 0 Å². The number of ether oxygens (including phenoxy) is 2. The maximum Gasteiger partial charge on any atom is 0.449 e. The Kier molecular flexibility index (Phi) is 6.17. The number of hydrogen-bond donors (Lipinski definition) is 1. The molecule has 0 aromatic carbocycles. The van der Waals surface area contributed by atoms with Crippen LogP contribution < -0.4 is 0 Å². The standard InChI is InChI=1S/C13H6F16O4/c1-3(6(14,15)16)4(30)32-7(12(24,25)26)8(17,18)5(2,11(21,22)23)33-10(31,9(7,19)20)13(27,28)29/h31H,1H2,2H3. The van der Waals surface area contributed by atoms with Crippen molar-refractivity contribution in [3.8, 4) is 0 Å². The summed E-state index contributed by atoms with van der Waals surface area (Å²) in [5.41, 5.74) is -17.4. The van der Waals surface area contributed by atoms with E-state index in [2.05, 4.69) is 9.47 Å². The van der Waals surface area contributed by atoms with Gasteiger partial charge in [0.1, 0.15) is 5.57 Å². The van der Waals surface area contributed by atoms with E-state index in [4.69, 9.17) is 5.11 Å². The van der Waals surface area contributed by atoms with Gasteiger partial charge in [0.05, 0.1) is 0 Å². The largest absolute Gasteiger partial charge is 0.449 e. The monoisotopic (exact) mass is 530 g/mol. The third kappa shape index (κ3) is 3.50. The molecule has 3 atom stereocenters. The van der Waals surface area contributed by atoms with Crippen LogP contribution in [0.25, 0.3) is 0 Å². The molecule has 1 N–H and O–H groups in total. The summed E-state index contributed by atoms with van der Waals surface area (Å²) in [6.45, 7) is 0.306. The van der Waals surface area contributed by atoms with Crippen LogP contribution in [0.3, 0.4) is 0 Å². The summed E-state index contributed by atoms with van der Waals surface area (Å²) in [4.78, 5) is 11.3. The van der Waals surface area contributed by atoms with Crippen LogP contribution in [0, 0.1) is 0 Å². The molecule has 0 spiro atoms. The van der Waals surface area contributed by atoms with Crippen LogP contribution in [0.4, 0.5) is 70.2 Å². The molecule has 194 valence electrons. The number of esters is 1. The van der Waals surface area contributed by atoms with E-state index in [9.17, 15) is 75.0 Å². The Morgan fingerprint density at radius 2 is 1.18 bits per heavy atom. The van der Waals surface area contributed by atoms with Crippen molar-refractivity contribution in [3.63, 3.8) is 0 Å². The molecule has 1 heterocycles. The van der Waals surface area contributed by atoms with E-state index in [1.807, 2.05) is 0 Å². The van der Waals surface area contributed by atoms with Crippen molar-refractivity contribution in [1.29, 1.82) is 0 Å². The molecule has 0 radical (unpaired) electrons. The van der Waals surface area contributed by atoms with Crippen molar-refractivity contribution >= 4 is 5.97 Å². The van der Waals surface area contributed by atoms with Gasteiger partial charge < -0.3 is 14.6 Å². The number of rotatable bonds is 2. The zero-order valence-electron chi connectivity index (χ0n) is 14.9. The summed E-state index contributed by atoms with van der Waals surface area (Å²) in [6.07, 6.45) is -28.8. The van der Waals surface area contributed by atoms with E-state index in [1.54, 1.807) is 6.58 Å². The minimum atomic E-state index is -7.92. The third-order valence-electron chi connectivity index (χ3n) is 4.42. The van der Waals surface area contributed by atoms with Crippen LogP contribution in [-0.4, -0.2) is 64.6 Å². The van der Waals surface area contributed by atoms with Gasteiger partial charge in [0.2, 0.25) is 5.60 Å². The van der Waals surface area contributed by atoms with E-state index in [0.717, 1.165) is 0 Å². The summed E-state index contributed by atoms with van der Waals surface area (Å²) in [5, 5.41) is 9.11. The molecule has 0 aliphatic carbocycles. The van der Waals surface area contributed by atoms with E-state index < -0.39 is 72.0 Å². The second kappa shape index (κ2) is 7.01.